The number of hydrogen-bond donors (Lipinski definition) is 2. The van der Waals surface area contributed by atoms with E-state index in [1.54, 1.807) is 55.5 Å². The molecule has 0 bridgehead atoms. The van der Waals surface area contributed by atoms with Crippen molar-refractivity contribution in [3.8, 4) is 17.2 Å². The van der Waals surface area contributed by atoms with E-state index in [1.165, 1.54) is 0 Å². The Labute approximate surface area is 235 Å². The minimum atomic E-state index is -0.388. The number of thioether (sulfide) groups is 1. The molecule has 38 heavy (non-hydrogen) atoms. The molecule has 0 unspecified atom stereocenters. The number of rotatable bonds is 7. The number of aryl methyl sites for hydroxylation is 2. The van der Waals surface area contributed by atoms with E-state index in [0.29, 0.717) is 43.3 Å². The van der Waals surface area contributed by atoms with Crippen LogP contribution in [0, 0.1) is 25.2 Å². The summed E-state index contributed by atoms with van der Waals surface area (Å²) in [5, 5.41) is 17.3. The van der Waals surface area contributed by atoms with Crippen molar-refractivity contribution in [1.82, 2.24) is 4.98 Å². The predicted molar refractivity (Wildman–Crippen MR) is 154 cm³/mol. The van der Waals surface area contributed by atoms with Gasteiger partial charge < -0.3 is 10.6 Å². The Morgan fingerprint density at radius 2 is 1.68 bits per heavy atom. The number of nitrogens with zero attached hydrogens (tertiary/aromatic N) is 2. The van der Waals surface area contributed by atoms with Crippen molar-refractivity contribution in [1.29, 1.82) is 5.26 Å². The van der Waals surface area contributed by atoms with Crippen LogP contribution in [-0.2, 0) is 4.79 Å². The van der Waals surface area contributed by atoms with Crippen molar-refractivity contribution in [2.24, 2.45) is 0 Å². The first-order chi connectivity index (χ1) is 18.3. The highest BCUT2D eigenvalue weighted by atomic mass is 35.5. The van der Waals surface area contributed by atoms with Crippen LogP contribution < -0.4 is 10.6 Å². The van der Waals surface area contributed by atoms with Crippen LogP contribution in [-0.4, -0.2) is 22.6 Å². The molecule has 4 aromatic rings. The Kier molecular flexibility index (Phi) is 8.70. The number of nitriles is 1. The SMILES string of the molecule is Cc1ccccc1NC(=O)c1c(C)nc(SCC(=O)Nc2cccc(Cl)c2)c(C#N)c1-c1ccc(Cl)cc1. The summed E-state index contributed by atoms with van der Waals surface area (Å²) >= 11 is 13.2. The zero-order valence-electron chi connectivity index (χ0n) is 20.5. The number of carbonyl (C=O) groups excluding carboxylic acids is 2. The molecule has 2 N–H and O–H groups in total. The lowest BCUT2D eigenvalue weighted by molar-refractivity contribution is -0.113. The second kappa shape index (κ2) is 12.1. The van der Waals surface area contributed by atoms with Crippen molar-refractivity contribution < 1.29 is 9.59 Å². The van der Waals surface area contributed by atoms with Crippen LogP contribution in [0.4, 0.5) is 11.4 Å². The van der Waals surface area contributed by atoms with Crippen LogP contribution in [0.5, 0.6) is 0 Å². The highest BCUT2D eigenvalue weighted by Crippen LogP contribution is 2.36. The number of anilines is 2. The molecule has 0 spiro atoms. The first kappa shape index (κ1) is 27.2. The molecule has 4 rings (SSSR count). The number of benzene rings is 3. The molecular weight excluding hydrogens is 539 g/mol. The normalized spacial score (nSPS) is 10.5. The fraction of sp³-hybridized carbons (Fsp3) is 0.103. The number of halogens is 2. The van der Waals surface area contributed by atoms with Crippen molar-refractivity contribution in [2.45, 2.75) is 18.9 Å². The molecule has 0 fully saturated rings. The third-order valence-corrected chi connectivity index (χ3v) is 7.12. The van der Waals surface area contributed by atoms with Gasteiger partial charge in [-0.25, -0.2) is 4.98 Å². The topological polar surface area (TPSA) is 94.9 Å². The standard InChI is InChI=1S/C29H22Cl2N4O2S/c1-17-6-3-4-9-24(17)35-28(37)26-18(2)33-29(23(15-32)27(26)19-10-12-20(30)13-11-19)38-16-25(36)34-22-8-5-7-21(31)14-22/h3-14H,16H2,1-2H3,(H,34,36)(H,35,37). The quantitative estimate of drug-likeness (QED) is 0.228. The van der Waals surface area contributed by atoms with Gasteiger partial charge in [0.25, 0.3) is 5.91 Å². The minimum absolute atomic E-state index is 0.00242. The minimum Gasteiger partial charge on any atom is -0.325 e. The Balaban J connectivity index is 1.72. The summed E-state index contributed by atoms with van der Waals surface area (Å²) in [7, 11) is 0. The first-order valence-electron chi connectivity index (χ1n) is 11.5. The molecule has 1 heterocycles. The molecule has 6 nitrogen and oxygen atoms in total. The van der Waals surface area contributed by atoms with E-state index in [1.807, 2.05) is 31.2 Å². The first-order valence-corrected chi connectivity index (χ1v) is 13.3. The Hall–Kier alpha value is -3.83. The second-order valence-electron chi connectivity index (χ2n) is 8.36. The molecule has 0 aliphatic rings. The van der Waals surface area contributed by atoms with Gasteiger partial charge in [0.2, 0.25) is 5.91 Å². The van der Waals surface area contributed by atoms with Gasteiger partial charge in [0.15, 0.2) is 0 Å². The van der Waals surface area contributed by atoms with Crippen LogP contribution >= 0.6 is 35.0 Å². The van der Waals surface area contributed by atoms with E-state index >= 15 is 0 Å². The molecule has 0 aliphatic heterocycles. The Morgan fingerprint density at radius 3 is 2.37 bits per heavy atom. The molecule has 3 aromatic carbocycles. The summed E-state index contributed by atoms with van der Waals surface area (Å²) in [6, 6.07) is 23.4. The summed E-state index contributed by atoms with van der Waals surface area (Å²) in [6.45, 7) is 3.61. The molecule has 2 amide bonds. The van der Waals surface area contributed by atoms with Crippen LogP contribution in [0.25, 0.3) is 11.1 Å². The third kappa shape index (κ3) is 6.35. The maximum atomic E-state index is 13.6. The lowest BCUT2D eigenvalue weighted by Gasteiger charge is -2.17. The summed E-state index contributed by atoms with van der Waals surface area (Å²) in [4.78, 5) is 30.8. The Morgan fingerprint density at radius 1 is 0.947 bits per heavy atom. The van der Waals surface area contributed by atoms with Gasteiger partial charge in [0.05, 0.1) is 22.6 Å². The van der Waals surface area contributed by atoms with Crippen molar-refractivity contribution in [2.75, 3.05) is 16.4 Å². The monoisotopic (exact) mass is 560 g/mol. The van der Waals surface area contributed by atoms with Gasteiger partial charge in [-0.3, -0.25) is 9.59 Å². The number of hydrogen-bond acceptors (Lipinski definition) is 5. The van der Waals surface area contributed by atoms with E-state index in [9.17, 15) is 14.9 Å². The average molecular weight is 561 g/mol. The van der Waals surface area contributed by atoms with E-state index in [2.05, 4.69) is 21.7 Å². The average Bonchev–Trinajstić information content (AvgIpc) is 2.89. The van der Waals surface area contributed by atoms with Crippen LogP contribution in [0.3, 0.4) is 0 Å². The number of pyridine rings is 1. The van der Waals surface area contributed by atoms with E-state index in [-0.39, 0.29) is 28.7 Å². The largest absolute Gasteiger partial charge is 0.325 e. The summed E-state index contributed by atoms with van der Waals surface area (Å²) < 4.78 is 0. The Bertz CT molecular complexity index is 1570. The molecule has 1 aromatic heterocycles. The maximum Gasteiger partial charge on any atom is 0.258 e. The van der Waals surface area contributed by atoms with Crippen molar-refractivity contribution >= 4 is 58.2 Å². The number of aromatic nitrogens is 1. The number of nitrogens with one attached hydrogen (secondary N) is 2. The van der Waals surface area contributed by atoms with Gasteiger partial charge in [-0.1, -0.05) is 71.4 Å². The second-order valence-corrected chi connectivity index (χ2v) is 10.2. The molecule has 0 saturated carbocycles. The van der Waals surface area contributed by atoms with Crippen LogP contribution in [0.2, 0.25) is 10.0 Å². The zero-order chi connectivity index (χ0) is 27.2. The molecule has 9 heteroatoms. The zero-order valence-corrected chi connectivity index (χ0v) is 22.8. The number of para-hydroxylation sites is 1. The van der Waals surface area contributed by atoms with Gasteiger partial charge in [-0.05, 0) is 61.4 Å². The van der Waals surface area contributed by atoms with E-state index in [0.717, 1.165) is 17.3 Å². The third-order valence-electron chi connectivity index (χ3n) is 5.66. The van der Waals surface area contributed by atoms with Crippen molar-refractivity contribution in [3.05, 3.63) is 105 Å². The smallest absolute Gasteiger partial charge is 0.258 e. The lowest BCUT2D eigenvalue weighted by atomic mass is 9.94. The highest BCUT2D eigenvalue weighted by Gasteiger charge is 2.25. The van der Waals surface area contributed by atoms with Gasteiger partial charge in [0, 0.05) is 27.0 Å². The highest BCUT2D eigenvalue weighted by molar-refractivity contribution is 8.00. The lowest BCUT2D eigenvalue weighted by Crippen LogP contribution is -2.18. The van der Waals surface area contributed by atoms with Gasteiger partial charge in [-0.2, -0.15) is 5.26 Å². The summed E-state index contributed by atoms with van der Waals surface area (Å²) in [5.74, 6) is -0.668. The number of amides is 2. The molecular formula is C29H22Cl2N4O2S. The number of carbonyl (C=O) groups is 2. The maximum absolute atomic E-state index is 13.6. The predicted octanol–water partition coefficient (Wildman–Crippen LogP) is 7.53. The van der Waals surface area contributed by atoms with Gasteiger partial charge >= 0.3 is 0 Å². The molecule has 0 atom stereocenters. The van der Waals surface area contributed by atoms with E-state index < -0.39 is 0 Å². The van der Waals surface area contributed by atoms with Gasteiger partial charge in [0.1, 0.15) is 11.1 Å². The van der Waals surface area contributed by atoms with E-state index in [4.69, 9.17) is 23.2 Å². The summed E-state index contributed by atoms with van der Waals surface area (Å²) in [5.41, 5.74) is 4.10. The molecule has 190 valence electrons. The summed E-state index contributed by atoms with van der Waals surface area (Å²) in [6.07, 6.45) is 0. The van der Waals surface area contributed by atoms with Crippen LogP contribution in [0.15, 0.2) is 77.8 Å². The van der Waals surface area contributed by atoms with Crippen LogP contribution in [0.1, 0.15) is 27.2 Å². The molecule has 0 radical (unpaired) electrons. The fourth-order valence-corrected chi connectivity index (χ4v) is 5.01. The van der Waals surface area contributed by atoms with Crippen molar-refractivity contribution in [3.63, 3.8) is 0 Å². The molecule has 0 aliphatic carbocycles. The fourth-order valence-electron chi connectivity index (χ4n) is 3.86. The van der Waals surface area contributed by atoms with Gasteiger partial charge in [-0.15, -0.1) is 0 Å². The molecule has 0 saturated heterocycles.